The summed E-state index contributed by atoms with van der Waals surface area (Å²) in [5.41, 5.74) is 1.94. The summed E-state index contributed by atoms with van der Waals surface area (Å²) in [5, 5.41) is 3.45. The van der Waals surface area contributed by atoms with Crippen LogP contribution in [0.4, 0.5) is 16.3 Å². The van der Waals surface area contributed by atoms with E-state index in [0.717, 1.165) is 17.7 Å². The summed E-state index contributed by atoms with van der Waals surface area (Å²) >= 11 is 1.45. The van der Waals surface area contributed by atoms with Gasteiger partial charge in [-0.2, -0.15) is 0 Å². The van der Waals surface area contributed by atoms with Crippen molar-refractivity contribution in [1.82, 2.24) is 15.3 Å². The largest absolute Gasteiger partial charge is 0.449 e. The van der Waals surface area contributed by atoms with E-state index >= 15 is 0 Å². The molecule has 10 heteroatoms. The van der Waals surface area contributed by atoms with Crippen molar-refractivity contribution >= 4 is 35.3 Å². The summed E-state index contributed by atoms with van der Waals surface area (Å²) in [5.74, 6) is 0.849. The van der Waals surface area contributed by atoms with Gasteiger partial charge in [-0.15, -0.1) is 0 Å². The van der Waals surface area contributed by atoms with E-state index < -0.39 is 6.09 Å². The molecule has 2 heterocycles. The summed E-state index contributed by atoms with van der Waals surface area (Å²) in [4.78, 5) is 38.2. The molecule has 1 aliphatic heterocycles. The molecule has 2 unspecified atom stereocenters. The van der Waals surface area contributed by atoms with Gasteiger partial charge in [-0.25, -0.2) is 14.8 Å². The van der Waals surface area contributed by atoms with Gasteiger partial charge >= 0.3 is 6.09 Å². The van der Waals surface area contributed by atoms with Gasteiger partial charge in [0.1, 0.15) is 11.4 Å². The molecule has 9 nitrogen and oxygen atoms in total. The molecule has 0 spiro atoms. The average molecular weight is 544 g/mol. The first kappa shape index (κ1) is 29.7. The number of hydrogen-bond acceptors (Lipinski definition) is 8. The topological polar surface area (TPSA) is 96.9 Å². The lowest BCUT2D eigenvalue weighted by Gasteiger charge is -2.25. The number of carbonyl (C=O) groups excluding carboxylic acids is 2. The van der Waals surface area contributed by atoms with Crippen molar-refractivity contribution in [3.05, 3.63) is 41.6 Å². The summed E-state index contributed by atoms with van der Waals surface area (Å²) < 4.78 is 11.7. The fourth-order valence-electron chi connectivity index (χ4n) is 4.17. The molecule has 2 amide bonds. The first-order chi connectivity index (χ1) is 18.0. The standard InChI is InChI=1S/C28H41N5O4S/c1-8-19(2)23(12-15-36-27(35)31-28(3,4)5)37-18-20-10-9-11-21(16-20)33-14-13-32(6)24-22(25(33)34)17-29-26(30-24)38-7/h9-11,16-17,19,23H,8,12-15,18H2,1-7H3,(H,31,35). The normalized spacial score (nSPS) is 15.5. The Morgan fingerprint density at radius 2 is 2.03 bits per heavy atom. The van der Waals surface area contributed by atoms with E-state index in [0.29, 0.717) is 48.6 Å². The van der Waals surface area contributed by atoms with Crippen LogP contribution in [0.3, 0.4) is 0 Å². The van der Waals surface area contributed by atoms with Crippen molar-refractivity contribution in [3.8, 4) is 0 Å². The van der Waals surface area contributed by atoms with Gasteiger partial charge in [-0.3, -0.25) is 4.79 Å². The minimum absolute atomic E-state index is 0.0609. The third kappa shape index (κ3) is 8.07. The van der Waals surface area contributed by atoms with Crippen molar-refractivity contribution in [2.45, 2.75) is 70.9 Å². The van der Waals surface area contributed by atoms with Crippen molar-refractivity contribution in [3.63, 3.8) is 0 Å². The Morgan fingerprint density at radius 3 is 2.71 bits per heavy atom. The molecule has 2 aromatic rings. The minimum Gasteiger partial charge on any atom is -0.449 e. The van der Waals surface area contributed by atoms with Crippen LogP contribution in [0.2, 0.25) is 0 Å². The molecule has 208 valence electrons. The number of hydrogen-bond donors (Lipinski definition) is 1. The maximum absolute atomic E-state index is 13.5. The maximum Gasteiger partial charge on any atom is 0.407 e. The highest BCUT2D eigenvalue weighted by Gasteiger charge is 2.28. The monoisotopic (exact) mass is 543 g/mol. The van der Waals surface area contributed by atoms with E-state index in [4.69, 9.17) is 9.47 Å². The van der Waals surface area contributed by atoms with Crippen molar-refractivity contribution in [2.75, 3.05) is 42.8 Å². The molecule has 0 saturated heterocycles. The molecule has 0 radical (unpaired) electrons. The molecule has 1 N–H and O–H groups in total. The number of fused-ring (bicyclic) bond motifs is 1. The highest BCUT2D eigenvalue weighted by atomic mass is 32.2. The Labute approximate surface area is 230 Å². The van der Waals surface area contributed by atoms with Crippen LogP contribution < -0.4 is 15.1 Å². The lowest BCUT2D eigenvalue weighted by molar-refractivity contribution is -0.0117. The number of ether oxygens (including phenoxy) is 2. The summed E-state index contributed by atoms with van der Waals surface area (Å²) in [7, 11) is 1.95. The van der Waals surface area contributed by atoms with E-state index in [9.17, 15) is 9.59 Å². The van der Waals surface area contributed by atoms with Crippen molar-refractivity contribution in [1.29, 1.82) is 0 Å². The van der Waals surface area contributed by atoms with Crippen LogP contribution in [0.1, 0.15) is 63.4 Å². The van der Waals surface area contributed by atoms with Gasteiger partial charge in [0, 0.05) is 44.0 Å². The highest BCUT2D eigenvalue weighted by Crippen LogP contribution is 2.28. The number of rotatable bonds is 10. The van der Waals surface area contributed by atoms with Crippen molar-refractivity contribution < 1.29 is 19.1 Å². The number of thioether (sulfide) groups is 1. The fraction of sp³-hybridized carbons (Fsp3) is 0.571. The lowest BCUT2D eigenvalue weighted by atomic mass is 9.99. The maximum atomic E-state index is 13.5. The lowest BCUT2D eigenvalue weighted by Crippen LogP contribution is -2.41. The van der Waals surface area contributed by atoms with Crippen LogP contribution in [0.15, 0.2) is 35.6 Å². The zero-order valence-corrected chi connectivity index (χ0v) is 24.4. The van der Waals surface area contributed by atoms with E-state index in [1.54, 1.807) is 11.1 Å². The van der Waals surface area contributed by atoms with E-state index in [-0.39, 0.29) is 24.2 Å². The second-order valence-electron chi connectivity index (χ2n) is 10.7. The minimum atomic E-state index is -0.419. The van der Waals surface area contributed by atoms with E-state index in [2.05, 4.69) is 29.1 Å². The Bertz CT molecular complexity index is 1110. The number of alkyl carbamates (subject to hydrolysis) is 1. The SMILES string of the molecule is CCC(C)C(CCOC(=O)NC(C)(C)C)OCc1cccc(N2CCN(C)c3nc(SC)ncc3C2=O)c1. The van der Waals surface area contributed by atoms with Crippen LogP contribution in [-0.4, -0.2) is 66.6 Å². The second kappa shape index (κ2) is 13.3. The van der Waals surface area contributed by atoms with Crippen LogP contribution in [-0.2, 0) is 16.1 Å². The molecule has 38 heavy (non-hydrogen) atoms. The van der Waals surface area contributed by atoms with Gasteiger partial charge in [0.2, 0.25) is 0 Å². The van der Waals surface area contributed by atoms with Gasteiger partial charge in [0.25, 0.3) is 5.91 Å². The van der Waals surface area contributed by atoms with Gasteiger partial charge in [-0.1, -0.05) is 44.2 Å². The fourth-order valence-corrected chi connectivity index (χ4v) is 4.50. The summed E-state index contributed by atoms with van der Waals surface area (Å²) in [6.07, 6.45) is 4.63. The van der Waals surface area contributed by atoms with Gasteiger partial charge in [0.05, 0.1) is 19.3 Å². The van der Waals surface area contributed by atoms with Gasteiger partial charge < -0.3 is 24.6 Å². The molecule has 0 saturated carbocycles. The number of nitrogens with zero attached hydrogens (tertiary/aromatic N) is 4. The number of nitrogens with one attached hydrogen (secondary N) is 1. The van der Waals surface area contributed by atoms with Crippen molar-refractivity contribution in [2.24, 2.45) is 5.92 Å². The molecular formula is C28H41N5O4S. The number of aromatic nitrogens is 2. The Balaban J connectivity index is 1.67. The molecule has 0 bridgehead atoms. The van der Waals surface area contributed by atoms with E-state index in [1.165, 1.54) is 11.8 Å². The molecule has 2 atom stereocenters. The smallest absolute Gasteiger partial charge is 0.407 e. The first-order valence-corrected chi connectivity index (χ1v) is 14.3. The average Bonchev–Trinajstić information content (AvgIpc) is 3.00. The first-order valence-electron chi connectivity index (χ1n) is 13.1. The third-order valence-electron chi connectivity index (χ3n) is 6.50. The van der Waals surface area contributed by atoms with Gasteiger partial charge in [-0.05, 0) is 50.6 Å². The number of benzene rings is 1. The predicted octanol–water partition coefficient (Wildman–Crippen LogP) is 5.14. The zero-order chi connectivity index (χ0) is 27.9. The molecule has 1 aromatic carbocycles. The quantitative estimate of drug-likeness (QED) is 0.325. The molecule has 1 aromatic heterocycles. The summed E-state index contributed by atoms with van der Waals surface area (Å²) in [6.45, 7) is 11.9. The van der Waals surface area contributed by atoms with Crippen LogP contribution in [0, 0.1) is 5.92 Å². The Hall–Kier alpha value is -2.85. The number of carbonyl (C=O) groups is 2. The highest BCUT2D eigenvalue weighted by molar-refractivity contribution is 7.98. The molecular weight excluding hydrogens is 502 g/mol. The molecule has 0 aliphatic carbocycles. The second-order valence-corrected chi connectivity index (χ2v) is 11.5. The van der Waals surface area contributed by atoms with Crippen LogP contribution in [0.5, 0.6) is 0 Å². The Kier molecular flexibility index (Phi) is 10.4. The summed E-state index contributed by atoms with van der Waals surface area (Å²) in [6, 6.07) is 7.89. The van der Waals surface area contributed by atoms with Crippen LogP contribution in [0.25, 0.3) is 0 Å². The Morgan fingerprint density at radius 1 is 1.26 bits per heavy atom. The molecule has 0 fully saturated rings. The number of amides is 2. The third-order valence-corrected chi connectivity index (χ3v) is 7.06. The number of anilines is 2. The molecule has 3 rings (SSSR count). The van der Waals surface area contributed by atoms with Gasteiger partial charge in [0.15, 0.2) is 5.16 Å². The predicted molar refractivity (Wildman–Crippen MR) is 152 cm³/mol. The number of likely N-dealkylation sites (N-methyl/N-ethyl adjacent to an activating group) is 1. The van der Waals surface area contributed by atoms with E-state index in [1.807, 2.05) is 63.2 Å². The molecule has 1 aliphatic rings. The van der Waals surface area contributed by atoms with Crippen LogP contribution >= 0.6 is 11.8 Å². The zero-order valence-electron chi connectivity index (χ0n) is 23.6.